The summed E-state index contributed by atoms with van der Waals surface area (Å²) in [5.41, 5.74) is 1.34. The minimum Gasteiger partial charge on any atom is -0.497 e. The minimum absolute atomic E-state index is 0.690. The van der Waals surface area contributed by atoms with Crippen LogP contribution in [0.4, 0.5) is 0 Å². The normalized spacial score (nSPS) is 21.4. The number of rotatable bonds is 4. The van der Waals surface area contributed by atoms with Crippen LogP contribution < -0.4 is 4.74 Å². The van der Waals surface area contributed by atoms with Gasteiger partial charge in [-0.1, -0.05) is 34.5 Å². The molecule has 17 heavy (non-hydrogen) atoms. The zero-order chi connectivity index (χ0) is 12.1. The van der Waals surface area contributed by atoms with Gasteiger partial charge in [-0.15, -0.1) is 0 Å². The third-order valence-corrected chi connectivity index (χ3v) is 4.19. The van der Waals surface area contributed by atoms with Gasteiger partial charge in [0.05, 0.1) is 7.11 Å². The van der Waals surface area contributed by atoms with Crippen molar-refractivity contribution in [1.82, 2.24) is 4.90 Å². The molecule has 3 heteroatoms. The van der Waals surface area contributed by atoms with Crippen molar-refractivity contribution in [3.8, 4) is 5.75 Å². The molecule has 2 rings (SSSR count). The predicted molar refractivity (Wildman–Crippen MR) is 74.8 cm³/mol. The van der Waals surface area contributed by atoms with E-state index >= 15 is 0 Å². The van der Waals surface area contributed by atoms with Gasteiger partial charge < -0.3 is 4.74 Å². The van der Waals surface area contributed by atoms with Gasteiger partial charge in [0.2, 0.25) is 0 Å². The largest absolute Gasteiger partial charge is 0.497 e. The molecule has 0 radical (unpaired) electrons. The number of nitrogens with zero attached hydrogens (tertiary/aromatic N) is 1. The molecule has 1 aromatic carbocycles. The van der Waals surface area contributed by atoms with Crippen molar-refractivity contribution in [2.75, 3.05) is 19.0 Å². The summed E-state index contributed by atoms with van der Waals surface area (Å²) < 4.78 is 5.27. The molecule has 2 nitrogen and oxygen atoms in total. The maximum atomic E-state index is 5.27. The summed E-state index contributed by atoms with van der Waals surface area (Å²) in [7, 11) is 1.72. The first-order chi connectivity index (χ1) is 8.33. The fourth-order valence-electron chi connectivity index (χ4n) is 2.45. The molecule has 1 aliphatic heterocycles. The summed E-state index contributed by atoms with van der Waals surface area (Å²) in [6.45, 7) is 2.25. The molecule has 0 aliphatic carbocycles. The van der Waals surface area contributed by atoms with Crippen molar-refractivity contribution in [1.29, 1.82) is 0 Å². The fourth-order valence-corrected chi connectivity index (χ4v) is 3.18. The van der Waals surface area contributed by atoms with Crippen molar-refractivity contribution < 1.29 is 4.74 Å². The SMILES string of the molecule is COc1cccc(CN2CCCCC2CBr)c1. The monoisotopic (exact) mass is 297 g/mol. The smallest absolute Gasteiger partial charge is 0.119 e. The maximum absolute atomic E-state index is 5.27. The van der Waals surface area contributed by atoms with Crippen molar-refractivity contribution >= 4 is 15.9 Å². The number of methoxy groups -OCH3 is 1. The zero-order valence-electron chi connectivity index (χ0n) is 10.4. The molecule has 1 atom stereocenters. The fraction of sp³-hybridized carbons (Fsp3) is 0.571. The second-order valence-corrected chi connectivity index (χ2v) is 5.27. The Balaban J connectivity index is 2.02. The van der Waals surface area contributed by atoms with E-state index in [2.05, 4.69) is 39.0 Å². The number of ether oxygens (including phenoxy) is 1. The highest BCUT2D eigenvalue weighted by molar-refractivity contribution is 9.09. The van der Waals surface area contributed by atoms with E-state index in [0.717, 1.165) is 17.6 Å². The summed E-state index contributed by atoms with van der Waals surface area (Å²) in [4.78, 5) is 2.58. The second kappa shape index (κ2) is 6.41. The molecule has 0 saturated carbocycles. The maximum Gasteiger partial charge on any atom is 0.119 e. The van der Waals surface area contributed by atoms with Crippen molar-refractivity contribution in [3.63, 3.8) is 0 Å². The molecule has 94 valence electrons. The third-order valence-electron chi connectivity index (χ3n) is 3.45. The van der Waals surface area contributed by atoms with Gasteiger partial charge >= 0.3 is 0 Å². The van der Waals surface area contributed by atoms with Crippen LogP contribution >= 0.6 is 15.9 Å². The van der Waals surface area contributed by atoms with Crippen LogP contribution in [0.2, 0.25) is 0 Å². The van der Waals surface area contributed by atoms with E-state index in [4.69, 9.17) is 4.74 Å². The standard InChI is InChI=1S/C14H20BrNO/c1-17-14-7-4-5-12(9-14)11-16-8-3-2-6-13(16)10-15/h4-5,7,9,13H,2-3,6,8,10-11H2,1H3. The first kappa shape index (κ1) is 12.9. The number of hydrogen-bond donors (Lipinski definition) is 0. The molecule has 0 N–H and O–H groups in total. The highest BCUT2D eigenvalue weighted by atomic mass is 79.9. The Morgan fingerprint density at radius 2 is 2.29 bits per heavy atom. The number of piperidine rings is 1. The molecule has 1 fully saturated rings. The van der Waals surface area contributed by atoms with Crippen LogP contribution in [0, 0.1) is 0 Å². The lowest BCUT2D eigenvalue weighted by molar-refractivity contribution is 0.156. The molecule has 0 aromatic heterocycles. The number of hydrogen-bond acceptors (Lipinski definition) is 2. The minimum atomic E-state index is 0.690. The van der Waals surface area contributed by atoms with Crippen LogP contribution in [0.3, 0.4) is 0 Å². The molecule has 1 aromatic rings. The third kappa shape index (κ3) is 3.46. The number of benzene rings is 1. The average molecular weight is 298 g/mol. The number of alkyl halides is 1. The zero-order valence-corrected chi connectivity index (χ0v) is 11.9. The highest BCUT2D eigenvalue weighted by Gasteiger charge is 2.21. The average Bonchev–Trinajstić information content (AvgIpc) is 2.39. The molecule has 0 bridgehead atoms. The molecule has 0 amide bonds. The van der Waals surface area contributed by atoms with E-state index in [-0.39, 0.29) is 0 Å². The summed E-state index contributed by atoms with van der Waals surface area (Å²) in [5.74, 6) is 0.954. The first-order valence-corrected chi connectivity index (χ1v) is 7.38. The van der Waals surface area contributed by atoms with Crippen LogP contribution in [0.1, 0.15) is 24.8 Å². The summed E-state index contributed by atoms with van der Waals surface area (Å²) in [6.07, 6.45) is 4.01. The Morgan fingerprint density at radius 1 is 1.41 bits per heavy atom. The van der Waals surface area contributed by atoms with E-state index in [1.807, 2.05) is 6.07 Å². The van der Waals surface area contributed by atoms with Gasteiger partial charge in [-0.3, -0.25) is 4.90 Å². The second-order valence-electron chi connectivity index (χ2n) is 4.63. The highest BCUT2D eigenvalue weighted by Crippen LogP contribution is 2.22. The van der Waals surface area contributed by atoms with Crippen molar-refractivity contribution in [2.24, 2.45) is 0 Å². The van der Waals surface area contributed by atoms with E-state index in [9.17, 15) is 0 Å². The van der Waals surface area contributed by atoms with E-state index in [1.54, 1.807) is 7.11 Å². The van der Waals surface area contributed by atoms with Crippen LogP contribution in [-0.2, 0) is 6.54 Å². The molecule has 1 saturated heterocycles. The molecule has 0 spiro atoms. The topological polar surface area (TPSA) is 12.5 Å². The molecule has 1 aliphatic rings. The molecule has 1 heterocycles. The molecular formula is C14H20BrNO. The van der Waals surface area contributed by atoms with Crippen LogP contribution in [0.25, 0.3) is 0 Å². The van der Waals surface area contributed by atoms with E-state index in [0.29, 0.717) is 6.04 Å². The van der Waals surface area contributed by atoms with E-state index in [1.165, 1.54) is 31.4 Å². The van der Waals surface area contributed by atoms with E-state index < -0.39 is 0 Å². The number of likely N-dealkylation sites (tertiary alicyclic amines) is 1. The summed E-state index contributed by atoms with van der Waals surface area (Å²) >= 11 is 3.63. The lowest BCUT2D eigenvalue weighted by Crippen LogP contribution is -2.39. The number of halogens is 1. The first-order valence-electron chi connectivity index (χ1n) is 6.26. The Hall–Kier alpha value is -0.540. The van der Waals surface area contributed by atoms with Gasteiger partial charge in [0.25, 0.3) is 0 Å². The van der Waals surface area contributed by atoms with Crippen LogP contribution in [0.5, 0.6) is 5.75 Å². The Labute approximate surface area is 112 Å². The van der Waals surface area contributed by atoms with Gasteiger partial charge in [-0.05, 0) is 37.1 Å². The Morgan fingerprint density at radius 3 is 3.06 bits per heavy atom. The van der Waals surface area contributed by atoms with Gasteiger partial charge in [0.15, 0.2) is 0 Å². The molecular weight excluding hydrogens is 278 g/mol. The van der Waals surface area contributed by atoms with Crippen molar-refractivity contribution in [2.45, 2.75) is 31.8 Å². The quantitative estimate of drug-likeness (QED) is 0.790. The van der Waals surface area contributed by atoms with Gasteiger partial charge in [-0.25, -0.2) is 0 Å². The Kier molecular flexibility index (Phi) is 4.86. The summed E-state index contributed by atoms with van der Waals surface area (Å²) in [6, 6.07) is 9.08. The van der Waals surface area contributed by atoms with Gasteiger partial charge in [-0.2, -0.15) is 0 Å². The summed E-state index contributed by atoms with van der Waals surface area (Å²) in [5, 5.41) is 1.08. The van der Waals surface area contributed by atoms with Gasteiger partial charge in [0.1, 0.15) is 5.75 Å². The molecule has 1 unspecified atom stereocenters. The van der Waals surface area contributed by atoms with Gasteiger partial charge in [0, 0.05) is 17.9 Å². The lowest BCUT2D eigenvalue weighted by Gasteiger charge is -2.34. The van der Waals surface area contributed by atoms with Crippen LogP contribution in [0.15, 0.2) is 24.3 Å². The van der Waals surface area contributed by atoms with Crippen molar-refractivity contribution in [3.05, 3.63) is 29.8 Å². The Bertz CT molecular complexity index is 356. The predicted octanol–water partition coefficient (Wildman–Crippen LogP) is 3.44. The van der Waals surface area contributed by atoms with Crippen LogP contribution in [-0.4, -0.2) is 29.9 Å². The lowest BCUT2D eigenvalue weighted by atomic mass is 10.0.